The zero-order valence-electron chi connectivity index (χ0n) is 10.7. The van der Waals surface area contributed by atoms with Crippen molar-refractivity contribution in [1.29, 1.82) is 0 Å². The van der Waals surface area contributed by atoms with Gasteiger partial charge in [-0.1, -0.05) is 12.1 Å². The minimum absolute atomic E-state index is 0.00736. The molecule has 0 radical (unpaired) electrons. The average molecular weight is 262 g/mol. The summed E-state index contributed by atoms with van der Waals surface area (Å²) in [6.07, 6.45) is 0. The van der Waals surface area contributed by atoms with E-state index >= 15 is 0 Å². The summed E-state index contributed by atoms with van der Waals surface area (Å²) in [5.41, 5.74) is 5.49. The van der Waals surface area contributed by atoms with Gasteiger partial charge < -0.3 is 10.6 Å². The molecule has 7 heteroatoms. The van der Waals surface area contributed by atoms with E-state index in [9.17, 15) is 14.9 Å². The molecule has 0 aliphatic carbocycles. The monoisotopic (exact) mass is 262 g/mol. The van der Waals surface area contributed by atoms with Crippen molar-refractivity contribution in [3.05, 3.63) is 39.9 Å². The van der Waals surface area contributed by atoms with Crippen LogP contribution in [0.25, 0.3) is 0 Å². The fourth-order valence-electron chi connectivity index (χ4n) is 2.19. The highest BCUT2D eigenvalue weighted by atomic mass is 16.6. The smallest absolute Gasteiger partial charge is 0.288 e. The van der Waals surface area contributed by atoms with Crippen LogP contribution in [0.5, 0.6) is 0 Å². The number of rotatable bonds is 2. The lowest BCUT2D eigenvalue weighted by atomic mass is 9.90. The quantitative estimate of drug-likeness (QED) is 0.624. The van der Waals surface area contributed by atoms with Crippen LogP contribution < -0.4 is 5.73 Å². The number of likely N-dealkylation sites (N-methyl/N-ethyl adjacent to an activating group) is 1. The molecule has 1 aliphatic heterocycles. The number of hydrogen-bond acceptors (Lipinski definition) is 5. The van der Waals surface area contributed by atoms with Crippen LogP contribution in [-0.2, 0) is 10.3 Å². The second kappa shape index (κ2) is 4.34. The van der Waals surface area contributed by atoms with E-state index in [4.69, 9.17) is 5.73 Å². The lowest BCUT2D eigenvalue weighted by molar-refractivity contribution is -0.385. The maximum atomic E-state index is 11.6. The number of non-ortho nitro benzene ring substituents is 1. The standard InChI is InChI=1S/C12H14N4O3/c1-12(7-15(2)11(17)10(13)14-12)8-4-3-5-9(6-8)16(18)19/h3-6H,7H2,1-2H3,(H2,13,14). The SMILES string of the molecule is CN1CC(C)(c2cccc([N+](=O)[O-])c2)N=C(N)C1=O. The lowest BCUT2D eigenvalue weighted by Crippen LogP contribution is -2.50. The molecule has 1 atom stereocenters. The number of nitrogens with two attached hydrogens (primary N) is 1. The molecule has 2 rings (SSSR count). The van der Waals surface area contributed by atoms with Crippen LogP contribution in [0.4, 0.5) is 5.69 Å². The van der Waals surface area contributed by atoms with Gasteiger partial charge >= 0.3 is 0 Å². The number of carbonyl (C=O) groups is 1. The Bertz CT molecular complexity index is 584. The van der Waals surface area contributed by atoms with Crippen molar-refractivity contribution in [2.45, 2.75) is 12.5 Å². The summed E-state index contributed by atoms with van der Waals surface area (Å²) < 4.78 is 0. The molecule has 1 amide bonds. The van der Waals surface area contributed by atoms with Crippen molar-refractivity contribution in [2.24, 2.45) is 10.7 Å². The van der Waals surface area contributed by atoms with Crippen molar-refractivity contribution in [2.75, 3.05) is 13.6 Å². The van der Waals surface area contributed by atoms with Crippen LogP contribution >= 0.6 is 0 Å². The number of amidine groups is 1. The van der Waals surface area contributed by atoms with Crippen molar-refractivity contribution < 1.29 is 9.72 Å². The molecule has 7 nitrogen and oxygen atoms in total. The number of aliphatic imine (C=N–C) groups is 1. The minimum Gasteiger partial charge on any atom is -0.379 e. The molecule has 2 N–H and O–H groups in total. The summed E-state index contributed by atoms with van der Waals surface area (Å²) in [6, 6.07) is 6.21. The minimum atomic E-state index is -0.765. The molecule has 0 spiro atoms. The second-order valence-electron chi connectivity index (χ2n) is 4.74. The molecule has 0 fully saturated rings. The van der Waals surface area contributed by atoms with Gasteiger partial charge in [0.1, 0.15) is 5.54 Å². The highest BCUT2D eigenvalue weighted by Crippen LogP contribution is 2.31. The lowest BCUT2D eigenvalue weighted by Gasteiger charge is -2.35. The zero-order valence-corrected chi connectivity index (χ0v) is 10.7. The maximum absolute atomic E-state index is 11.6. The topological polar surface area (TPSA) is 102 Å². The summed E-state index contributed by atoms with van der Waals surface area (Å²) in [6.45, 7) is 2.12. The van der Waals surface area contributed by atoms with Gasteiger partial charge in [-0.15, -0.1) is 0 Å². The molecule has 0 bridgehead atoms. The number of nitro groups is 1. The van der Waals surface area contributed by atoms with Crippen LogP contribution in [0.2, 0.25) is 0 Å². The molecule has 1 aliphatic rings. The number of nitrogens with zero attached hydrogens (tertiary/aromatic N) is 3. The van der Waals surface area contributed by atoms with Gasteiger partial charge in [0.2, 0.25) is 0 Å². The summed E-state index contributed by atoms with van der Waals surface area (Å²) in [7, 11) is 1.62. The third-order valence-electron chi connectivity index (χ3n) is 3.16. The van der Waals surface area contributed by atoms with Crippen molar-refractivity contribution in [1.82, 2.24) is 4.90 Å². The first kappa shape index (κ1) is 13.0. The molecular formula is C12H14N4O3. The van der Waals surface area contributed by atoms with Gasteiger partial charge in [0.05, 0.1) is 4.92 Å². The Kier molecular flexibility index (Phi) is 2.97. The third-order valence-corrected chi connectivity index (χ3v) is 3.16. The van der Waals surface area contributed by atoms with Crippen LogP contribution in [0.1, 0.15) is 12.5 Å². The first-order valence-electron chi connectivity index (χ1n) is 5.69. The highest BCUT2D eigenvalue weighted by Gasteiger charge is 2.36. The number of hydrogen-bond donors (Lipinski definition) is 1. The molecule has 0 saturated carbocycles. The van der Waals surface area contributed by atoms with E-state index in [1.807, 2.05) is 0 Å². The zero-order chi connectivity index (χ0) is 14.2. The fourth-order valence-corrected chi connectivity index (χ4v) is 2.19. The van der Waals surface area contributed by atoms with Gasteiger partial charge in [-0.3, -0.25) is 19.9 Å². The normalized spacial score (nSPS) is 23.2. The Labute approximate surface area is 109 Å². The van der Waals surface area contributed by atoms with Gasteiger partial charge in [0.25, 0.3) is 11.6 Å². The summed E-state index contributed by atoms with van der Waals surface area (Å²) in [4.78, 5) is 27.6. The Balaban J connectivity index is 2.48. The first-order valence-corrected chi connectivity index (χ1v) is 5.69. The van der Waals surface area contributed by atoms with Gasteiger partial charge in [-0.05, 0) is 12.5 Å². The Hall–Kier alpha value is -2.44. The predicted octanol–water partition coefficient (Wildman–Crippen LogP) is 0.639. The molecule has 1 heterocycles. The third kappa shape index (κ3) is 2.26. The van der Waals surface area contributed by atoms with Crippen molar-refractivity contribution in [3.63, 3.8) is 0 Å². The van der Waals surface area contributed by atoms with E-state index in [1.54, 1.807) is 26.1 Å². The van der Waals surface area contributed by atoms with Gasteiger partial charge in [0.15, 0.2) is 5.84 Å². The van der Waals surface area contributed by atoms with Crippen LogP contribution in [0.15, 0.2) is 29.3 Å². The van der Waals surface area contributed by atoms with E-state index in [0.717, 1.165) is 0 Å². The number of carbonyl (C=O) groups excluding carboxylic acids is 1. The Morgan fingerprint density at radius 2 is 2.21 bits per heavy atom. The van der Waals surface area contributed by atoms with Crippen LogP contribution in [-0.4, -0.2) is 35.2 Å². The number of nitro benzene ring substituents is 1. The van der Waals surface area contributed by atoms with E-state index in [0.29, 0.717) is 12.1 Å². The van der Waals surface area contributed by atoms with Gasteiger partial charge in [-0.2, -0.15) is 0 Å². The molecule has 0 saturated heterocycles. The van der Waals surface area contributed by atoms with E-state index in [-0.39, 0.29) is 17.4 Å². The summed E-state index contributed by atoms with van der Waals surface area (Å²) in [5.74, 6) is -0.411. The predicted molar refractivity (Wildman–Crippen MR) is 69.7 cm³/mol. The Morgan fingerprint density at radius 1 is 1.53 bits per heavy atom. The molecule has 19 heavy (non-hydrogen) atoms. The van der Waals surface area contributed by atoms with E-state index < -0.39 is 10.5 Å². The largest absolute Gasteiger partial charge is 0.379 e. The molecule has 100 valence electrons. The summed E-state index contributed by atoms with van der Waals surface area (Å²) >= 11 is 0. The molecule has 1 aromatic rings. The van der Waals surface area contributed by atoms with Crippen LogP contribution in [0.3, 0.4) is 0 Å². The molecule has 1 aromatic carbocycles. The number of benzene rings is 1. The Morgan fingerprint density at radius 3 is 2.79 bits per heavy atom. The number of amides is 1. The molecular weight excluding hydrogens is 248 g/mol. The van der Waals surface area contributed by atoms with Crippen molar-refractivity contribution in [3.8, 4) is 0 Å². The van der Waals surface area contributed by atoms with E-state index in [2.05, 4.69) is 4.99 Å². The highest BCUT2D eigenvalue weighted by molar-refractivity contribution is 6.37. The first-order chi connectivity index (χ1) is 8.83. The van der Waals surface area contributed by atoms with E-state index in [1.165, 1.54) is 17.0 Å². The molecule has 1 unspecified atom stereocenters. The fraction of sp³-hybridized carbons (Fsp3) is 0.333. The average Bonchev–Trinajstić information content (AvgIpc) is 2.36. The second-order valence-corrected chi connectivity index (χ2v) is 4.74. The van der Waals surface area contributed by atoms with Gasteiger partial charge in [0, 0.05) is 25.7 Å². The summed E-state index contributed by atoms with van der Waals surface area (Å²) in [5, 5.41) is 10.8. The molecule has 0 aromatic heterocycles. The van der Waals surface area contributed by atoms with Gasteiger partial charge in [-0.25, -0.2) is 0 Å². The maximum Gasteiger partial charge on any atom is 0.288 e. The van der Waals surface area contributed by atoms with Crippen molar-refractivity contribution >= 4 is 17.4 Å². The van der Waals surface area contributed by atoms with Crippen LogP contribution in [0, 0.1) is 10.1 Å².